The Hall–Kier alpha value is -1.49. The molecule has 72 valence electrons. The minimum Gasteiger partial charge on any atom is -0.478 e. The van der Waals surface area contributed by atoms with Gasteiger partial charge in [-0.05, 0) is 35.6 Å². The Bertz CT molecular complexity index is 493. The molecule has 1 aromatic heterocycles. The third-order valence-corrected chi connectivity index (χ3v) is 2.73. The third-order valence-electron chi connectivity index (χ3n) is 2.06. The first-order valence-electron chi connectivity index (χ1n) is 4.20. The lowest BCUT2D eigenvalue weighted by Gasteiger charge is -1.99. The van der Waals surface area contributed by atoms with Crippen LogP contribution in [-0.4, -0.2) is 20.7 Å². The van der Waals surface area contributed by atoms with Crippen molar-refractivity contribution in [3.63, 3.8) is 0 Å². The predicted molar refractivity (Wildman–Crippen MR) is 53.8 cm³/mol. The molecule has 0 bridgehead atoms. The topological polar surface area (TPSA) is 63.1 Å². The Morgan fingerprint density at radius 2 is 2.36 bits per heavy atom. The Labute approximate surface area is 84.4 Å². The summed E-state index contributed by atoms with van der Waals surface area (Å²) in [6.07, 6.45) is 0.767. The van der Waals surface area contributed by atoms with Crippen LogP contribution in [0.25, 0.3) is 10.2 Å². The van der Waals surface area contributed by atoms with E-state index in [1.165, 1.54) is 11.5 Å². The number of aromatic carboxylic acids is 1. The number of carboxylic acids is 1. The number of hydrogen-bond donors (Lipinski definition) is 1. The molecular weight excluding hydrogens is 200 g/mol. The van der Waals surface area contributed by atoms with Crippen molar-refractivity contribution in [3.8, 4) is 0 Å². The maximum Gasteiger partial charge on any atom is 0.335 e. The Kier molecular flexibility index (Phi) is 2.17. The van der Waals surface area contributed by atoms with Crippen LogP contribution in [0.3, 0.4) is 0 Å². The summed E-state index contributed by atoms with van der Waals surface area (Å²) < 4.78 is 4.64. The van der Waals surface area contributed by atoms with E-state index in [-0.39, 0.29) is 0 Å². The number of nitrogens with zero attached hydrogens (tertiary/aromatic N) is 2. The average molecular weight is 208 g/mol. The molecule has 1 N–H and O–H groups in total. The molecule has 0 aliphatic rings. The van der Waals surface area contributed by atoms with Crippen LogP contribution in [0.1, 0.15) is 22.8 Å². The molecular formula is C9H8N2O2S. The zero-order chi connectivity index (χ0) is 10.1. The van der Waals surface area contributed by atoms with E-state index in [0.717, 1.165) is 22.2 Å². The van der Waals surface area contributed by atoms with Gasteiger partial charge in [0.25, 0.3) is 0 Å². The standard InChI is InChI=1S/C9H8N2O2S/c1-2-5-3-6(9(12)13)4-7-8(5)10-11-14-7/h3-4H,2H2,1H3,(H,12,13). The smallest absolute Gasteiger partial charge is 0.335 e. The molecule has 1 heterocycles. The van der Waals surface area contributed by atoms with E-state index in [9.17, 15) is 4.79 Å². The van der Waals surface area contributed by atoms with Crippen LogP contribution in [-0.2, 0) is 6.42 Å². The zero-order valence-corrected chi connectivity index (χ0v) is 8.34. The fraction of sp³-hybridized carbons (Fsp3) is 0.222. The number of aromatic nitrogens is 2. The molecule has 0 aliphatic carbocycles. The van der Waals surface area contributed by atoms with Crippen molar-refractivity contribution in [1.29, 1.82) is 0 Å². The molecule has 0 unspecified atom stereocenters. The van der Waals surface area contributed by atoms with E-state index < -0.39 is 5.97 Å². The Morgan fingerprint density at radius 3 is 3.00 bits per heavy atom. The van der Waals surface area contributed by atoms with Crippen LogP contribution in [0.2, 0.25) is 0 Å². The van der Waals surface area contributed by atoms with Gasteiger partial charge in [0.05, 0.1) is 10.3 Å². The molecule has 0 aliphatic heterocycles. The van der Waals surface area contributed by atoms with Crippen molar-refractivity contribution in [2.24, 2.45) is 0 Å². The van der Waals surface area contributed by atoms with Gasteiger partial charge in [-0.15, -0.1) is 5.10 Å². The molecule has 0 saturated carbocycles. The number of fused-ring (bicyclic) bond motifs is 1. The van der Waals surface area contributed by atoms with Gasteiger partial charge in [0.2, 0.25) is 0 Å². The van der Waals surface area contributed by atoms with Gasteiger partial charge >= 0.3 is 5.97 Å². The number of benzene rings is 1. The maximum absolute atomic E-state index is 10.8. The van der Waals surface area contributed by atoms with E-state index in [4.69, 9.17) is 5.11 Å². The molecule has 0 radical (unpaired) electrons. The van der Waals surface area contributed by atoms with Gasteiger partial charge in [-0.3, -0.25) is 0 Å². The summed E-state index contributed by atoms with van der Waals surface area (Å²) in [5.74, 6) is -0.907. The summed E-state index contributed by atoms with van der Waals surface area (Å²) in [5, 5.41) is 12.8. The number of rotatable bonds is 2. The first-order chi connectivity index (χ1) is 6.72. The highest BCUT2D eigenvalue weighted by atomic mass is 32.1. The van der Waals surface area contributed by atoms with E-state index in [1.54, 1.807) is 12.1 Å². The highest BCUT2D eigenvalue weighted by Gasteiger charge is 2.10. The Balaban J connectivity index is 2.73. The second-order valence-corrected chi connectivity index (χ2v) is 3.70. The van der Waals surface area contributed by atoms with Crippen LogP contribution < -0.4 is 0 Å². The molecule has 0 atom stereocenters. The molecule has 14 heavy (non-hydrogen) atoms. The monoisotopic (exact) mass is 208 g/mol. The van der Waals surface area contributed by atoms with Gasteiger partial charge in [0, 0.05) is 0 Å². The minimum atomic E-state index is -0.907. The first kappa shape index (κ1) is 9.08. The van der Waals surface area contributed by atoms with Crippen molar-refractivity contribution in [1.82, 2.24) is 9.59 Å². The molecule has 0 spiro atoms. The second-order valence-electron chi connectivity index (χ2n) is 2.91. The van der Waals surface area contributed by atoms with Crippen LogP contribution in [0, 0.1) is 0 Å². The third kappa shape index (κ3) is 1.35. The van der Waals surface area contributed by atoms with Gasteiger partial charge in [-0.25, -0.2) is 4.79 Å². The zero-order valence-electron chi connectivity index (χ0n) is 7.52. The summed E-state index contributed by atoms with van der Waals surface area (Å²) in [4.78, 5) is 10.8. The molecule has 0 amide bonds. The molecule has 4 nitrogen and oxygen atoms in total. The van der Waals surface area contributed by atoms with E-state index >= 15 is 0 Å². The van der Waals surface area contributed by atoms with Gasteiger partial charge in [0.1, 0.15) is 5.52 Å². The van der Waals surface area contributed by atoms with Gasteiger partial charge < -0.3 is 5.11 Å². The second kappa shape index (κ2) is 3.34. The highest BCUT2D eigenvalue weighted by Crippen LogP contribution is 2.22. The normalized spacial score (nSPS) is 10.6. The predicted octanol–water partition coefficient (Wildman–Crippen LogP) is 1.95. The summed E-state index contributed by atoms with van der Waals surface area (Å²) in [6.45, 7) is 1.97. The van der Waals surface area contributed by atoms with Crippen LogP contribution >= 0.6 is 11.5 Å². The lowest BCUT2D eigenvalue weighted by atomic mass is 10.1. The SMILES string of the molecule is CCc1cc(C(=O)O)cc2snnc12. The van der Waals surface area contributed by atoms with Crippen molar-refractivity contribution >= 4 is 27.7 Å². The molecule has 1 aromatic carbocycles. The van der Waals surface area contributed by atoms with Gasteiger partial charge in [-0.2, -0.15) is 0 Å². The summed E-state index contributed by atoms with van der Waals surface area (Å²) >= 11 is 1.22. The van der Waals surface area contributed by atoms with Crippen LogP contribution in [0.15, 0.2) is 12.1 Å². The summed E-state index contributed by atoms with van der Waals surface area (Å²) in [5.41, 5.74) is 2.07. The molecule has 2 aromatic rings. The number of carbonyl (C=O) groups is 1. The largest absolute Gasteiger partial charge is 0.478 e. The van der Waals surface area contributed by atoms with E-state index in [0.29, 0.717) is 5.56 Å². The Morgan fingerprint density at radius 1 is 1.57 bits per heavy atom. The summed E-state index contributed by atoms with van der Waals surface area (Å²) in [6, 6.07) is 3.27. The van der Waals surface area contributed by atoms with E-state index in [2.05, 4.69) is 9.59 Å². The molecule has 0 fully saturated rings. The van der Waals surface area contributed by atoms with Crippen molar-refractivity contribution < 1.29 is 9.90 Å². The molecule has 0 saturated heterocycles. The van der Waals surface area contributed by atoms with Crippen molar-refractivity contribution in [2.45, 2.75) is 13.3 Å². The lowest BCUT2D eigenvalue weighted by molar-refractivity contribution is 0.0697. The fourth-order valence-corrected chi connectivity index (χ4v) is 2.00. The fourth-order valence-electron chi connectivity index (χ4n) is 1.35. The number of hydrogen-bond acceptors (Lipinski definition) is 4. The summed E-state index contributed by atoms with van der Waals surface area (Å²) in [7, 11) is 0. The van der Waals surface area contributed by atoms with Crippen LogP contribution in [0.5, 0.6) is 0 Å². The lowest BCUT2D eigenvalue weighted by Crippen LogP contribution is -1.97. The van der Waals surface area contributed by atoms with Gasteiger partial charge in [0.15, 0.2) is 0 Å². The average Bonchev–Trinajstić information content (AvgIpc) is 2.63. The van der Waals surface area contributed by atoms with Crippen molar-refractivity contribution in [3.05, 3.63) is 23.3 Å². The van der Waals surface area contributed by atoms with E-state index in [1.807, 2.05) is 6.92 Å². The molecule has 2 rings (SSSR count). The minimum absolute atomic E-state index is 0.306. The van der Waals surface area contributed by atoms with Gasteiger partial charge in [-0.1, -0.05) is 11.4 Å². The van der Waals surface area contributed by atoms with Crippen LogP contribution in [0.4, 0.5) is 0 Å². The first-order valence-corrected chi connectivity index (χ1v) is 4.98. The quantitative estimate of drug-likeness (QED) is 0.819. The van der Waals surface area contributed by atoms with Crippen molar-refractivity contribution in [2.75, 3.05) is 0 Å². The number of aryl methyl sites for hydroxylation is 1. The maximum atomic E-state index is 10.8. The highest BCUT2D eigenvalue weighted by molar-refractivity contribution is 7.13. The number of carboxylic acid groups (broad SMARTS) is 1. The molecule has 5 heteroatoms.